The van der Waals surface area contributed by atoms with Gasteiger partial charge in [-0.15, -0.1) is 0 Å². The molecule has 1 aromatic rings. The van der Waals surface area contributed by atoms with Gasteiger partial charge < -0.3 is 10.2 Å². The first-order valence-electron chi connectivity index (χ1n) is 8.06. The van der Waals surface area contributed by atoms with Crippen LogP contribution in [0.1, 0.15) is 23.2 Å². The molecule has 2 rings (SSSR count). The first-order valence-corrected chi connectivity index (χ1v) is 10.5. The van der Waals surface area contributed by atoms with Crippen LogP contribution in [0.15, 0.2) is 28.7 Å². The number of amides is 2. The Hall–Kier alpha value is -1.45. The number of carbonyl (C=O) groups excluding carboxylic acids is 2. The van der Waals surface area contributed by atoms with Crippen LogP contribution in [0.25, 0.3) is 0 Å². The zero-order valence-corrected chi connectivity index (χ0v) is 16.4. The average molecular weight is 432 g/mol. The van der Waals surface area contributed by atoms with Gasteiger partial charge in [-0.25, -0.2) is 13.1 Å². The van der Waals surface area contributed by atoms with Gasteiger partial charge in [-0.1, -0.05) is 15.9 Å². The van der Waals surface area contributed by atoms with Crippen molar-refractivity contribution in [1.82, 2.24) is 14.9 Å². The first-order chi connectivity index (χ1) is 11.8. The van der Waals surface area contributed by atoms with Crippen LogP contribution in [-0.4, -0.2) is 57.6 Å². The second-order valence-corrected chi connectivity index (χ2v) is 8.85. The number of hydrogen-bond donors (Lipinski definition) is 2. The van der Waals surface area contributed by atoms with Gasteiger partial charge >= 0.3 is 0 Å². The monoisotopic (exact) mass is 431 g/mol. The highest BCUT2D eigenvalue weighted by atomic mass is 79.9. The molecule has 0 spiro atoms. The van der Waals surface area contributed by atoms with E-state index in [1.807, 2.05) is 12.1 Å². The predicted octanol–water partition coefficient (Wildman–Crippen LogP) is 0.967. The quantitative estimate of drug-likeness (QED) is 0.700. The highest BCUT2D eigenvalue weighted by molar-refractivity contribution is 9.10. The van der Waals surface area contributed by atoms with E-state index < -0.39 is 10.0 Å². The highest BCUT2D eigenvalue weighted by Crippen LogP contribution is 2.20. The van der Waals surface area contributed by atoms with Gasteiger partial charge in [-0.3, -0.25) is 9.59 Å². The molecule has 0 unspecified atom stereocenters. The molecule has 1 saturated heterocycles. The van der Waals surface area contributed by atoms with Crippen LogP contribution in [0.3, 0.4) is 0 Å². The molecule has 1 aliphatic rings. The molecule has 1 aromatic carbocycles. The van der Waals surface area contributed by atoms with Crippen LogP contribution in [0.2, 0.25) is 0 Å². The summed E-state index contributed by atoms with van der Waals surface area (Å²) in [7, 11) is -1.98. The Morgan fingerprint density at radius 2 is 1.80 bits per heavy atom. The molecule has 0 bridgehead atoms. The van der Waals surface area contributed by atoms with E-state index in [9.17, 15) is 18.0 Å². The molecule has 2 amide bonds. The first kappa shape index (κ1) is 19.9. The molecule has 2 N–H and O–H groups in total. The van der Waals surface area contributed by atoms with Gasteiger partial charge in [0.2, 0.25) is 15.9 Å². The Labute approximate surface area is 156 Å². The summed E-state index contributed by atoms with van der Waals surface area (Å²) in [6.07, 6.45) is 1.15. The van der Waals surface area contributed by atoms with Crippen LogP contribution in [0, 0.1) is 5.92 Å². The van der Waals surface area contributed by atoms with Gasteiger partial charge in [0.15, 0.2) is 0 Å². The highest BCUT2D eigenvalue weighted by Gasteiger charge is 2.27. The molecular weight excluding hydrogens is 410 g/mol. The number of piperidine rings is 1. The number of halogens is 1. The van der Waals surface area contributed by atoms with Crippen molar-refractivity contribution in [2.24, 2.45) is 5.92 Å². The lowest BCUT2D eigenvalue weighted by atomic mass is 9.95. The van der Waals surface area contributed by atoms with Crippen LogP contribution in [0.4, 0.5) is 0 Å². The Morgan fingerprint density at radius 1 is 1.20 bits per heavy atom. The smallest absolute Gasteiger partial charge is 0.253 e. The molecule has 0 aromatic heterocycles. The maximum absolute atomic E-state index is 12.4. The van der Waals surface area contributed by atoms with Crippen LogP contribution in [0.5, 0.6) is 0 Å². The minimum absolute atomic E-state index is 0.0357. The van der Waals surface area contributed by atoms with E-state index in [1.165, 1.54) is 7.05 Å². The van der Waals surface area contributed by atoms with Crippen LogP contribution >= 0.6 is 15.9 Å². The number of likely N-dealkylation sites (tertiary alicyclic amines) is 1. The summed E-state index contributed by atoms with van der Waals surface area (Å²) < 4.78 is 25.8. The zero-order valence-electron chi connectivity index (χ0n) is 14.0. The molecule has 138 valence electrons. The number of rotatable bonds is 6. The van der Waals surface area contributed by atoms with Gasteiger partial charge in [0, 0.05) is 35.6 Å². The van der Waals surface area contributed by atoms with Gasteiger partial charge in [0.05, 0.1) is 5.75 Å². The summed E-state index contributed by atoms with van der Waals surface area (Å²) in [6, 6.07) is 7.19. The number of nitrogens with zero attached hydrogens (tertiary/aromatic N) is 1. The molecule has 25 heavy (non-hydrogen) atoms. The van der Waals surface area contributed by atoms with Crippen molar-refractivity contribution in [3.8, 4) is 0 Å². The third kappa shape index (κ3) is 5.79. The van der Waals surface area contributed by atoms with Crippen molar-refractivity contribution < 1.29 is 18.0 Å². The SMILES string of the molecule is CNS(=O)(=O)CCNC(=O)C1CCN(C(=O)c2ccc(Br)cc2)CC1. The average Bonchev–Trinajstić information content (AvgIpc) is 2.61. The van der Waals surface area contributed by atoms with E-state index >= 15 is 0 Å². The molecule has 0 atom stereocenters. The summed E-state index contributed by atoms with van der Waals surface area (Å²) in [5, 5.41) is 2.66. The van der Waals surface area contributed by atoms with Crippen molar-refractivity contribution in [3.05, 3.63) is 34.3 Å². The van der Waals surface area contributed by atoms with Gasteiger partial charge in [-0.2, -0.15) is 0 Å². The molecular formula is C16H22BrN3O4S. The summed E-state index contributed by atoms with van der Waals surface area (Å²) in [4.78, 5) is 26.3. The minimum atomic E-state index is -3.32. The fourth-order valence-corrected chi connectivity index (χ4v) is 3.51. The molecule has 1 fully saturated rings. The zero-order chi connectivity index (χ0) is 18.4. The van der Waals surface area contributed by atoms with Crippen molar-refractivity contribution in [2.75, 3.05) is 32.4 Å². The van der Waals surface area contributed by atoms with E-state index in [2.05, 4.69) is 26.0 Å². The van der Waals surface area contributed by atoms with Crippen molar-refractivity contribution in [2.45, 2.75) is 12.8 Å². The third-order valence-electron chi connectivity index (χ3n) is 4.23. The fraction of sp³-hybridized carbons (Fsp3) is 0.500. The fourth-order valence-electron chi connectivity index (χ4n) is 2.67. The Balaban J connectivity index is 1.79. The van der Waals surface area contributed by atoms with Gasteiger partial charge in [-0.05, 0) is 44.2 Å². The molecule has 7 nitrogen and oxygen atoms in total. The molecule has 9 heteroatoms. The minimum Gasteiger partial charge on any atom is -0.355 e. The number of carbonyl (C=O) groups is 2. The molecule has 0 radical (unpaired) electrons. The standard InChI is InChI=1S/C16H22BrN3O4S/c1-18-25(23,24)11-8-19-15(21)12-6-9-20(10-7-12)16(22)13-2-4-14(17)5-3-13/h2-5,12,18H,6-11H2,1H3,(H,19,21). The summed E-state index contributed by atoms with van der Waals surface area (Å²) >= 11 is 3.34. The van der Waals surface area contributed by atoms with E-state index in [0.717, 1.165) is 4.47 Å². The maximum Gasteiger partial charge on any atom is 0.253 e. The normalized spacial score (nSPS) is 15.8. The van der Waals surface area contributed by atoms with Crippen LogP contribution < -0.4 is 10.0 Å². The summed E-state index contributed by atoms with van der Waals surface area (Å²) in [6.45, 7) is 1.11. The lowest BCUT2D eigenvalue weighted by molar-refractivity contribution is -0.126. The third-order valence-corrected chi connectivity index (χ3v) is 6.12. The Kier molecular flexibility index (Phi) is 6.97. The molecule has 1 heterocycles. The second-order valence-electron chi connectivity index (χ2n) is 5.89. The van der Waals surface area contributed by atoms with E-state index in [-0.39, 0.29) is 30.0 Å². The predicted molar refractivity (Wildman–Crippen MR) is 98.6 cm³/mol. The molecule has 0 saturated carbocycles. The lowest BCUT2D eigenvalue weighted by Gasteiger charge is -2.31. The number of nitrogens with one attached hydrogen (secondary N) is 2. The van der Waals surface area contributed by atoms with Crippen molar-refractivity contribution in [3.63, 3.8) is 0 Å². The van der Waals surface area contributed by atoms with E-state index in [4.69, 9.17) is 0 Å². The van der Waals surface area contributed by atoms with E-state index in [1.54, 1.807) is 17.0 Å². The van der Waals surface area contributed by atoms with Crippen molar-refractivity contribution in [1.29, 1.82) is 0 Å². The van der Waals surface area contributed by atoms with Gasteiger partial charge in [0.25, 0.3) is 5.91 Å². The van der Waals surface area contributed by atoms with Crippen molar-refractivity contribution >= 4 is 37.8 Å². The molecule has 0 aliphatic carbocycles. The van der Waals surface area contributed by atoms with E-state index in [0.29, 0.717) is 31.5 Å². The number of hydrogen-bond acceptors (Lipinski definition) is 4. The Bertz CT molecular complexity index is 713. The van der Waals surface area contributed by atoms with Crippen LogP contribution in [-0.2, 0) is 14.8 Å². The topological polar surface area (TPSA) is 95.6 Å². The lowest BCUT2D eigenvalue weighted by Crippen LogP contribution is -2.44. The second kappa shape index (κ2) is 8.77. The summed E-state index contributed by atoms with van der Waals surface area (Å²) in [5.74, 6) is -0.518. The number of sulfonamides is 1. The Morgan fingerprint density at radius 3 is 2.36 bits per heavy atom. The molecule has 1 aliphatic heterocycles. The van der Waals surface area contributed by atoms with Gasteiger partial charge in [0.1, 0.15) is 0 Å². The summed E-state index contributed by atoms with van der Waals surface area (Å²) in [5.41, 5.74) is 0.628. The largest absolute Gasteiger partial charge is 0.355 e. The maximum atomic E-state index is 12.4. The number of benzene rings is 1.